The Bertz CT molecular complexity index is 562. The molecule has 23 heavy (non-hydrogen) atoms. The second-order valence-electron chi connectivity index (χ2n) is 5.07. The Morgan fingerprint density at radius 2 is 1.70 bits per heavy atom. The number of hydrogen-bond donors (Lipinski definition) is 1. The Morgan fingerprint density at radius 3 is 2.22 bits per heavy atom. The first-order valence-corrected chi connectivity index (χ1v) is 6.84. The minimum absolute atomic E-state index is 0.181. The highest BCUT2D eigenvalue weighted by atomic mass is 19.4. The van der Waals surface area contributed by atoms with Gasteiger partial charge >= 0.3 is 18.2 Å². The van der Waals surface area contributed by atoms with E-state index in [1.54, 1.807) is 13.8 Å². The zero-order valence-corrected chi connectivity index (χ0v) is 13.0. The molecule has 0 bridgehead atoms. The molecule has 0 aromatic heterocycles. The number of rotatable bonds is 5. The van der Waals surface area contributed by atoms with Crippen LogP contribution in [0.25, 0.3) is 0 Å². The van der Waals surface area contributed by atoms with Gasteiger partial charge in [-0.3, -0.25) is 4.79 Å². The first kappa shape index (κ1) is 18.8. The molecule has 0 unspecified atom stereocenters. The van der Waals surface area contributed by atoms with Crippen molar-refractivity contribution in [1.29, 1.82) is 0 Å². The van der Waals surface area contributed by atoms with Crippen LogP contribution in [0.4, 0.5) is 18.0 Å². The first-order chi connectivity index (χ1) is 10.6. The van der Waals surface area contributed by atoms with Crippen molar-refractivity contribution in [3.05, 3.63) is 28.8 Å². The molecule has 128 valence electrons. The van der Waals surface area contributed by atoms with Crippen LogP contribution in [0.15, 0.2) is 12.1 Å². The Balaban J connectivity index is 2.40. The average Bonchev–Trinajstić information content (AvgIpc) is 2.40. The molecule has 0 spiro atoms. The lowest BCUT2D eigenvalue weighted by atomic mass is 10.1. The van der Waals surface area contributed by atoms with Crippen molar-refractivity contribution in [2.24, 2.45) is 0 Å². The maximum atomic E-state index is 11.8. The molecule has 0 aliphatic carbocycles. The summed E-state index contributed by atoms with van der Waals surface area (Å²) in [5.74, 6) is -0.156. The molecule has 0 heterocycles. The van der Waals surface area contributed by atoms with Crippen LogP contribution >= 0.6 is 0 Å². The first-order valence-electron chi connectivity index (χ1n) is 6.84. The number of alkyl halides is 3. The Labute approximate surface area is 131 Å². The minimum Gasteiger partial charge on any atom is -0.440 e. The van der Waals surface area contributed by atoms with Crippen LogP contribution in [-0.4, -0.2) is 31.4 Å². The summed E-state index contributed by atoms with van der Waals surface area (Å²) in [6, 6.07) is 3.73. The standard InChI is InChI=1S/C15H18F3NO4/c1-9-6-10(2)13(11(3)7-9)23-12(20)4-5-19-14(21)22-8-15(16,17)18/h6-7H,4-5,8H2,1-3H3,(H,19,21). The summed E-state index contributed by atoms with van der Waals surface area (Å²) in [6.45, 7) is 3.66. The van der Waals surface area contributed by atoms with Crippen LogP contribution in [0.3, 0.4) is 0 Å². The van der Waals surface area contributed by atoms with Gasteiger partial charge in [-0.25, -0.2) is 4.79 Å². The van der Waals surface area contributed by atoms with Crippen LogP contribution in [0.2, 0.25) is 0 Å². The van der Waals surface area contributed by atoms with Gasteiger partial charge in [0.05, 0.1) is 6.42 Å². The van der Waals surface area contributed by atoms with Crippen LogP contribution in [0.5, 0.6) is 5.75 Å². The molecule has 0 saturated carbocycles. The van der Waals surface area contributed by atoms with E-state index in [4.69, 9.17) is 4.74 Å². The van der Waals surface area contributed by atoms with E-state index in [-0.39, 0.29) is 13.0 Å². The molecule has 1 amide bonds. The number of alkyl carbamates (subject to hydrolysis) is 1. The topological polar surface area (TPSA) is 64.6 Å². The van der Waals surface area contributed by atoms with Crippen LogP contribution < -0.4 is 10.1 Å². The summed E-state index contributed by atoms with van der Waals surface area (Å²) in [5, 5.41) is 2.05. The van der Waals surface area contributed by atoms with Gasteiger partial charge < -0.3 is 14.8 Å². The van der Waals surface area contributed by atoms with Gasteiger partial charge in [0.2, 0.25) is 0 Å². The van der Waals surface area contributed by atoms with Crippen molar-refractivity contribution in [3.63, 3.8) is 0 Å². The number of hydrogen-bond acceptors (Lipinski definition) is 4. The van der Waals surface area contributed by atoms with E-state index in [0.717, 1.165) is 16.7 Å². The van der Waals surface area contributed by atoms with E-state index in [9.17, 15) is 22.8 Å². The van der Waals surface area contributed by atoms with E-state index in [0.29, 0.717) is 5.75 Å². The van der Waals surface area contributed by atoms with Crippen LogP contribution in [0.1, 0.15) is 23.1 Å². The third kappa shape index (κ3) is 7.03. The molecule has 0 fully saturated rings. The molecule has 0 saturated heterocycles. The zero-order valence-electron chi connectivity index (χ0n) is 13.0. The van der Waals surface area contributed by atoms with Gasteiger partial charge in [-0.1, -0.05) is 17.7 Å². The second-order valence-corrected chi connectivity index (χ2v) is 5.07. The molecule has 1 rings (SSSR count). The van der Waals surface area contributed by atoms with E-state index >= 15 is 0 Å². The maximum Gasteiger partial charge on any atom is 0.422 e. The van der Waals surface area contributed by atoms with Crippen molar-refractivity contribution in [3.8, 4) is 5.75 Å². The second kappa shape index (κ2) is 7.85. The summed E-state index contributed by atoms with van der Waals surface area (Å²) < 4.78 is 44.6. The fraction of sp³-hybridized carbons (Fsp3) is 0.467. The molecule has 1 N–H and O–H groups in total. The molecule has 1 aromatic rings. The molecule has 0 aliphatic rings. The van der Waals surface area contributed by atoms with Crippen LogP contribution in [-0.2, 0) is 9.53 Å². The third-order valence-corrected chi connectivity index (χ3v) is 2.79. The highest BCUT2D eigenvalue weighted by Gasteiger charge is 2.29. The van der Waals surface area contributed by atoms with E-state index in [2.05, 4.69) is 4.74 Å². The molecule has 0 atom stereocenters. The Kier molecular flexibility index (Phi) is 6.41. The number of amides is 1. The molecule has 1 aromatic carbocycles. The smallest absolute Gasteiger partial charge is 0.422 e. The number of esters is 1. The van der Waals surface area contributed by atoms with Crippen molar-refractivity contribution in [2.75, 3.05) is 13.2 Å². The van der Waals surface area contributed by atoms with E-state index < -0.39 is 24.8 Å². The van der Waals surface area contributed by atoms with Gasteiger partial charge in [0.1, 0.15) is 5.75 Å². The van der Waals surface area contributed by atoms with Gasteiger partial charge in [-0.2, -0.15) is 13.2 Å². The summed E-state index contributed by atoms with van der Waals surface area (Å²) in [6.07, 6.45) is -6.01. The van der Waals surface area contributed by atoms with Crippen molar-refractivity contribution in [1.82, 2.24) is 5.32 Å². The predicted molar refractivity (Wildman–Crippen MR) is 76.3 cm³/mol. The van der Waals surface area contributed by atoms with Crippen molar-refractivity contribution < 1.29 is 32.2 Å². The van der Waals surface area contributed by atoms with Gasteiger partial charge in [-0.05, 0) is 31.9 Å². The Morgan fingerprint density at radius 1 is 1.13 bits per heavy atom. The molecular formula is C15H18F3NO4. The monoisotopic (exact) mass is 333 g/mol. The summed E-state index contributed by atoms with van der Waals surface area (Å²) in [5.41, 5.74) is 2.63. The molecule has 0 radical (unpaired) electrons. The molecule has 5 nitrogen and oxygen atoms in total. The highest BCUT2D eigenvalue weighted by Crippen LogP contribution is 2.24. The van der Waals surface area contributed by atoms with Gasteiger partial charge in [0.25, 0.3) is 0 Å². The fourth-order valence-corrected chi connectivity index (χ4v) is 1.96. The van der Waals surface area contributed by atoms with E-state index in [1.807, 2.05) is 24.4 Å². The maximum absolute atomic E-state index is 11.8. The normalized spacial score (nSPS) is 11.0. The SMILES string of the molecule is Cc1cc(C)c(OC(=O)CCNC(=O)OCC(F)(F)F)c(C)c1. The van der Waals surface area contributed by atoms with Gasteiger partial charge in [0.15, 0.2) is 6.61 Å². The number of carbonyl (C=O) groups excluding carboxylic acids is 2. The van der Waals surface area contributed by atoms with Gasteiger partial charge in [-0.15, -0.1) is 0 Å². The lowest BCUT2D eigenvalue weighted by Crippen LogP contribution is -2.31. The molecule has 8 heteroatoms. The summed E-state index contributed by atoms with van der Waals surface area (Å²) >= 11 is 0. The van der Waals surface area contributed by atoms with Gasteiger partial charge in [0, 0.05) is 6.54 Å². The predicted octanol–water partition coefficient (Wildman–Crippen LogP) is 3.20. The summed E-state index contributed by atoms with van der Waals surface area (Å²) in [4.78, 5) is 22.7. The number of aryl methyl sites for hydroxylation is 3. The third-order valence-electron chi connectivity index (χ3n) is 2.79. The molecular weight excluding hydrogens is 315 g/mol. The van der Waals surface area contributed by atoms with E-state index in [1.165, 1.54) is 0 Å². The number of halogens is 3. The number of carbonyl (C=O) groups is 2. The van der Waals surface area contributed by atoms with Crippen molar-refractivity contribution >= 4 is 12.1 Å². The number of benzene rings is 1. The van der Waals surface area contributed by atoms with Crippen LogP contribution in [0, 0.1) is 20.8 Å². The zero-order chi connectivity index (χ0) is 17.6. The Hall–Kier alpha value is -2.25. The fourth-order valence-electron chi connectivity index (χ4n) is 1.96. The number of nitrogens with one attached hydrogen (secondary N) is 1. The lowest BCUT2D eigenvalue weighted by Gasteiger charge is -2.12. The quantitative estimate of drug-likeness (QED) is 0.664. The lowest BCUT2D eigenvalue weighted by molar-refractivity contribution is -0.160. The highest BCUT2D eigenvalue weighted by molar-refractivity contribution is 5.74. The summed E-state index contributed by atoms with van der Waals surface area (Å²) in [7, 11) is 0. The van der Waals surface area contributed by atoms with Crippen molar-refractivity contribution in [2.45, 2.75) is 33.4 Å². The minimum atomic E-state index is -4.59. The average molecular weight is 333 g/mol. The largest absolute Gasteiger partial charge is 0.440 e. The molecule has 0 aliphatic heterocycles. The number of ether oxygens (including phenoxy) is 2.